The minimum absolute atomic E-state index is 0.589. The Hall–Kier alpha value is -1.11. The van der Waals surface area contributed by atoms with Gasteiger partial charge in [0.2, 0.25) is 0 Å². The molecule has 0 N–H and O–H groups in total. The van der Waals surface area contributed by atoms with Gasteiger partial charge < -0.3 is 0 Å². The van der Waals surface area contributed by atoms with Crippen molar-refractivity contribution in [3.05, 3.63) is 35.7 Å². The Labute approximate surface area is 74.2 Å². The van der Waals surface area contributed by atoms with Gasteiger partial charge in [-0.05, 0) is 30.5 Å². The zero-order chi connectivity index (χ0) is 8.97. The van der Waals surface area contributed by atoms with E-state index >= 15 is 0 Å². The Kier molecular flexibility index (Phi) is 3.03. The molecule has 0 saturated heterocycles. The molecular weight excluding hydrogens is 146 g/mol. The molecule has 1 aromatic rings. The molecule has 0 spiro atoms. The van der Waals surface area contributed by atoms with E-state index in [1.165, 1.54) is 5.56 Å². The lowest BCUT2D eigenvalue weighted by atomic mass is 10.1. The molecule has 0 bridgehead atoms. The highest BCUT2D eigenvalue weighted by Crippen LogP contribution is 2.06. The molecule has 0 fully saturated rings. The maximum atomic E-state index is 4.26. The quantitative estimate of drug-likeness (QED) is 0.649. The van der Waals surface area contributed by atoms with Crippen LogP contribution in [0.15, 0.2) is 24.4 Å². The summed E-state index contributed by atoms with van der Waals surface area (Å²) in [6, 6.07) is 4.04. The molecule has 0 aromatic carbocycles. The normalized spacial score (nSPS) is 11.3. The van der Waals surface area contributed by atoms with Crippen molar-refractivity contribution in [3.63, 3.8) is 0 Å². The third kappa shape index (κ3) is 2.50. The number of aromatic nitrogens is 1. The number of aryl methyl sites for hydroxylation is 1. The van der Waals surface area contributed by atoms with Gasteiger partial charge in [0.25, 0.3) is 0 Å². The average molecular weight is 161 g/mol. The van der Waals surface area contributed by atoms with Crippen molar-refractivity contribution in [2.45, 2.75) is 20.8 Å². The van der Waals surface area contributed by atoms with E-state index in [0.717, 1.165) is 5.69 Å². The molecule has 1 heteroatoms. The molecule has 0 unspecified atom stereocenters. The highest BCUT2D eigenvalue weighted by atomic mass is 14.7. The standard InChI is InChI=1S/C11H15N/c1-9(2)6-7-11-10(3)5-4-8-12-11/h4-9H,1-3H3/b7-6+. The van der Waals surface area contributed by atoms with Gasteiger partial charge in [0, 0.05) is 6.20 Å². The van der Waals surface area contributed by atoms with Gasteiger partial charge in [-0.25, -0.2) is 0 Å². The molecule has 0 aliphatic heterocycles. The summed E-state index contributed by atoms with van der Waals surface area (Å²) >= 11 is 0. The lowest BCUT2D eigenvalue weighted by Crippen LogP contribution is -1.85. The molecule has 0 radical (unpaired) electrons. The highest BCUT2D eigenvalue weighted by molar-refractivity contribution is 5.48. The summed E-state index contributed by atoms with van der Waals surface area (Å²) in [5, 5.41) is 0. The molecule has 1 aromatic heterocycles. The van der Waals surface area contributed by atoms with Crippen LogP contribution in [-0.4, -0.2) is 4.98 Å². The second kappa shape index (κ2) is 4.05. The first-order chi connectivity index (χ1) is 5.70. The van der Waals surface area contributed by atoms with Crippen molar-refractivity contribution < 1.29 is 0 Å². The molecule has 12 heavy (non-hydrogen) atoms. The van der Waals surface area contributed by atoms with Gasteiger partial charge in [-0.3, -0.25) is 4.98 Å². The zero-order valence-electron chi connectivity index (χ0n) is 7.91. The van der Waals surface area contributed by atoms with E-state index in [0.29, 0.717) is 5.92 Å². The summed E-state index contributed by atoms with van der Waals surface area (Å²) in [5.74, 6) is 0.589. The van der Waals surface area contributed by atoms with Crippen LogP contribution in [0.2, 0.25) is 0 Å². The fourth-order valence-corrected chi connectivity index (χ4v) is 0.956. The van der Waals surface area contributed by atoms with Gasteiger partial charge in [0.1, 0.15) is 0 Å². The second-order valence-electron chi connectivity index (χ2n) is 3.31. The Morgan fingerprint density at radius 3 is 2.75 bits per heavy atom. The molecule has 0 saturated carbocycles. The lowest BCUT2D eigenvalue weighted by molar-refractivity contribution is 0.836. The van der Waals surface area contributed by atoms with Crippen LogP contribution in [0.25, 0.3) is 6.08 Å². The molecule has 0 atom stereocenters. The van der Waals surface area contributed by atoms with E-state index < -0.39 is 0 Å². The van der Waals surface area contributed by atoms with Crippen LogP contribution < -0.4 is 0 Å². The Morgan fingerprint density at radius 1 is 1.42 bits per heavy atom. The number of hydrogen-bond acceptors (Lipinski definition) is 1. The predicted octanol–water partition coefficient (Wildman–Crippen LogP) is 3.06. The molecule has 1 rings (SSSR count). The Balaban J connectivity index is 2.82. The number of rotatable bonds is 2. The summed E-state index contributed by atoms with van der Waals surface area (Å²) in [4.78, 5) is 4.26. The van der Waals surface area contributed by atoms with E-state index in [1.807, 2.05) is 12.3 Å². The molecule has 0 amide bonds. The van der Waals surface area contributed by atoms with E-state index in [4.69, 9.17) is 0 Å². The maximum Gasteiger partial charge on any atom is 0.0655 e. The number of nitrogens with zero attached hydrogens (tertiary/aromatic N) is 1. The van der Waals surface area contributed by atoms with Gasteiger partial charge in [0.05, 0.1) is 5.69 Å². The molecule has 1 nitrogen and oxygen atoms in total. The average Bonchev–Trinajstić information content (AvgIpc) is 2.03. The van der Waals surface area contributed by atoms with E-state index in [-0.39, 0.29) is 0 Å². The van der Waals surface area contributed by atoms with Gasteiger partial charge in [-0.2, -0.15) is 0 Å². The number of hydrogen-bond donors (Lipinski definition) is 0. The van der Waals surface area contributed by atoms with Gasteiger partial charge in [-0.15, -0.1) is 0 Å². The Morgan fingerprint density at radius 2 is 2.17 bits per heavy atom. The summed E-state index contributed by atoms with van der Waals surface area (Å²) in [6.45, 7) is 6.40. The zero-order valence-corrected chi connectivity index (χ0v) is 7.91. The van der Waals surface area contributed by atoms with Crippen molar-refractivity contribution in [3.8, 4) is 0 Å². The monoisotopic (exact) mass is 161 g/mol. The van der Waals surface area contributed by atoms with Crippen LogP contribution in [-0.2, 0) is 0 Å². The molecule has 0 aliphatic carbocycles. The number of allylic oxidation sites excluding steroid dienone is 1. The third-order valence-corrected chi connectivity index (χ3v) is 1.69. The fourth-order valence-electron chi connectivity index (χ4n) is 0.956. The van der Waals surface area contributed by atoms with Crippen LogP contribution in [0.5, 0.6) is 0 Å². The van der Waals surface area contributed by atoms with Gasteiger partial charge in [0.15, 0.2) is 0 Å². The maximum absolute atomic E-state index is 4.26. The van der Waals surface area contributed by atoms with E-state index in [9.17, 15) is 0 Å². The van der Waals surface area contributed by atoms with E-state index in [1.54, 1.807) is 0 Å². The Bertz CT molecular complexity index is 274. The molecular formula is C11H15N. The molecule has 64 valence electrons. The predicted molar refractivity (Wildman–Crippen MR) is 52.8 cm³/mol. The highest BCUT2D eigenvalue weighted by Gasteiger charge is 1.92. The smallest absolute Gasteiger partial charge is 0.0655 e. The molecule has 0 aliphatic rings. The van der Waals surface area contributed by atoms with Crippen molar-refractivity contribution in [1.82, 2.24) is 4.98 Å². The minimum atomic E-state index is 0.589. The van der Waals surface area contributed by atoms with Crippen LogP contribution in [0.1, 0.15) is 25.1 Å². The second-order valence-corrected chi connectivity index (χ2v) is 3.31. The van der Waals surface area contributed by atoms with Crippen LogP contribution in [0, 0.1) is 12.8 Å². The first kappa shape index (κ1) is 8.98. The largest absolute Gasteiger partial charge is 0.257 e. The third-order valence-electron chi connectivity index (χ3n) is 1.69. The minimum Gasteiger partial charge on any atom is -0.257 e. The van der Waals surface area contributed by atoms with Crippen LogP contribution >= 0.6 is 0 Å². The van der Waals surface area contributed by atoms with Crippen LogP contribution in [0.3, 0.4) is 0 Å². The fraction of sp³-hybridized carbons (Fsp3) is 0.364. The van der Waals surface area contributed by atoms with Crippen LogP contribution in [0.4, 0.5) is 0 Å². The first-order valence-electron chi connectivity index (χ1n) is 4.30. The summed E-state index contributed by atoms with van der Waals surface area (Å²) < 4.78 is 0. The van der Waals surface area contributed by atoms with Crippen molar-refractivity contribution >= 4 is 6.08 Å². The van der Waals surface area contributed by atoms with Gasteiger partial charge in [-0.1, -0.05) is 26.0 Å². The summed E-state index contributed by atoms with van der Waals surface area (Å²) in [7, 11) is 0. The van der Waals surface area contributed by atoms with Crippen molar-refractivity contribution in [1.29, 1.82) is 0 Å². The molecule has 1 heterocycles. The van der Waals surface area contributed by atoms with Crippen molar-refractivity contribution in [2.24, 2.45) is 5.92 Å². The summed E-state index contributed by atoms with van der Waals surface area (Å²) in [6.07, 6.45) is 6.07. The van der Waals surface area contributed by atoms with E-state index in [2.05, 4.69) is 44.0 Å². The topological polar surface area (TPSA) is 12.9 Å². The van der Waals surface area contributed by atoms with Gasteiger partial charge >= 0.3 is 0 Å². The summed E-state index contributed by atoms with van der Waals surface area (Å²) in [5.41, 5.74) is 2.31. The first-order valence-corrected chi connectivity index (χ1v) is 4.30. The lowest BCUT2D eigenvalue weighted by Gasteiger charge is -1.98. The SMILES string of the molecule is Cc1cccnc1/C=C/C(C)C. The number of pyridine rings is 1. The van der Waals surface area contributed by atoms with Crippen molar-refractivity contribution in [2.75, 3.05) is 0 Å².